The van der Waals surface area contributed by atoms with Crippen LogP contribution in [0.3, 0.4) is 0 Å². The van der Waals surface area contributed by atoms with Crippen LogP contribution in [0.15, 0.2) is 53.8 Å². The Hall–Kier alpha value is -2.37. The second-order valence-corrected chi connectivity index (χ2v) is 8.44. The van der Waals surface area contributed by atoms with Gasteiger partial charge in [-0.15, -0.1) is 0 Å². The zero-order valence-corrected chi connectivity index (χ0v) is 17.0. The molecule has 2 aromatic rings. The number of anilines is 1. The summed E-state index contributed by atoms with van der Waals surface area (Å²) in [7, 11) is 0. The third-order valence-corrected chi connectivity index (χ3v) is 4.90. The van der Waals surface area contributed by atoms with Gasteiger partial charge in [-0.2, -0.15) is 0 Å². The molecule has 7 heteroatoms. The molecule has 0 spiro atoms. The molecule has 1 N–H and O–H groups in total. The van der Waals surface area contributed by atoms with Gasteiger partial charge in [0.2, 0.25) is 0 Å². The summed E-state index contributed by atoms with van der Waals surface area (Å²) >= 11 is 12.1. The summed E-state index contributed by atoms with van der Waals surface area (Å²) < 4.78 is 14.7. The average Bonchev–Trinajstić information content (AvgIpc) is 2.84. The molecular weight excluding hydrogens is 404 g/mol. The summed E-state index contributed by atoms with van der Waals surface area (Å²) in [6.07, 6.45) is 0. The fourth-order valence-electron chi connectivity index (χ4n) is 3.18. The van der Waals surface area contributed by atoms with E-state index in [9.17, 15) is 19.1 Å². The summed E-state index contributed by atoms with van der Waals surface area (Å²) in [4.78, 5) is 27.1. The van der Waals surface area contributed by atoms with Crippen LogP contribution in [0, 0.1) is 11.2 Å². The van der Waals surface area contributed by atoms with Crippen molar-refractivity contribution >= 4 is 40.6 Å². The summed E-state index contributed by atoms with van der Waals surface area (Å²) in [6, 6.07) is 9.09. The van der Waals surface area contributed by atoms with Gasteiger partial charge >= 0.3 is 0 Å². The molecule has 0 radical (unpaired) electrons. The molecule has 1 aliphatic heterocycles. The molecule has 1 atom stereocenters. The molecule has 2 aromatic carbocycles. The molecule has 1 heterocycles. The molecule has 1 aliphatic rings. The molecule has 0 saturated carbocycles. The Morgan fingerprint density at radius 2 is 1.68 bits per heavy atom. The summed E-state index contributed by atoms with van der Waals surface area (Å²) in [5, 5.41) is 11.1. The number of carbonyl (C=O) groups is 2. The number of ketones is 1. The standard InChI is InChI=1S/C21H18Cl2FNO3/c1-21(2,3)19(27)16-17(14-6-4-5-7-15(14)24)25(20(28)18(16)26)13-9-11(22)8-12(23)10-13/h4-10,17,26H,1-3H3. The maximum Gasteiger partial charge on any atom is 0.294 e. The molecular formula is C21H18Cl2FNO3. The number of amides is 1. The number of rotatable bonds is 3. The van der Waals surface area contributed by atoms with Crippen molar-refractivity contribution in [2.45, 2.75) is 26.8 Å². The van der Waals surface area contributed by atoms with Crippen molar-refractivity contribution in [3.8, 4) is 0 Å². The topological polar surface area (TPSA) is 57.6 Å². The molecule has 28 heavy (non-hydrogen) atoms. The van der Waals surface area contributed by atoms with E-state index in [-0.39, 0.29) is 26.9 Å². The summed E-state index contributed by atoms with van der Waals surface area (Å²) in [6.45, 7) is 4.99. The number of nitrogens with zero attached hydrogens (tertiary/aromatic N) is 1. The Labute approximate surface area is 172 Å². The minimum atomic E-state index is -1.14. The number of carbonyl (C=O) groups excluding carboxylic acids is 2. The first-order chi connectivity index (χ1) is 13.0. The average molecular weight is 422 g/mol. The number of aliphatic hydroxyl groups is 1. The Balaban J connectivity index is 2.27. The summed E-state index contributed by atoms with van der Waals surface area (Å²) in [5.74, 6) is -2.59. The molecule has 1 unspecified atom stereocenters. The van der Waals surface area contributed by atoms with Gasteiger partial charge in [0, 0.05) is 26.7 Å². The number of halogens is 3. The van der Waals surface area contributed by atoms with E-state index in [2.05, 4.69) is 0 Å². The zero-order chi connectivity index (χ0) is 20.8. The van der Waals surface area contributed by atoms with Gasteiger partial charge in [0.05, 0.1) is 11.6 Å². The van der Waals surface area contributed by atoms with Crippen LogP contribution in [-0.4, -0.2) is 16.8 Å². The van der Waals surface area contributed by atoms with E-state index >= 15 is 0 Å². The van der Waals surface area contributed by atoms with Gasteiger partial charge in [-0.05, 0) is 24.3 Å². The Kier molecular flexibility index (Phi) is 5.26. The van der Waals surface area contributed by atoms with Gasteiger partial charge in [0.15, 0.2) is 11.5 Å². The quantitative estimate of drug-likeness (QED) is 0.696. The highest BCUT2D eigenvalue weighted by Crippen LogP contribution is 2.44. The van der Waals surface area contributed by atoms with Crippen molar-refractivity contribution in [1.29, 1.82) is 0 Å². The van der Waals surface area contributed by atoms with Crippen LogP contribution in [0.5, 0.6) is 0 Å². The van der Waals surface area contributed by atoms with Crippen molar-refractivity contribution in [3.63, 3.8) is 0 Å². The lowest BCUT2D eigenvalue weighted by atomic mass is 9.82. The molecule has 0 bridgehead atoms. The van der Waals surface area contributed by atoms with Crippen LogP contribution in [0.4, 0.5) is 10.1 Å². The first-order valence-electron chi connectivity index (χ1n) is 8.54. The van der Waals surface area contributed by atoms with Gasteiger partial charge in [0.25, 0.3) is 5.91 Å². The van der Waals surface area contributed by atoms with Crippen molar-refractivity contribution in [2.75, 3.05) is 4.90 Å². The first kappa shape index (κ1) is 20.4. The minimum absolute atomic E-state index is 0.0867. The van der Waals surface area contributed by atoms with Crippen molar-refractivity contribution < 1.29 is 19.1 Å². The number of aliphatic hydroxyl groups excluding tert-OH is 1. The van der Waals surface area contributed by atoms with E-state index in [0.29, 0.717) is 0 Å². The van der Waals surface area contributed by atoms with Crippen molar-refractivity contribution in [2.24, 2.45) is 5.41 Å². The Morgan fingerprint density at radius 3 is 2.21 bits per heavy atom. The molecule has 146 valence electrons. The monoisotopic (exact) mass is 421 g/mol. The lowest BCUT2D eigenvalue weighted by Gasteiger charge is -2.29. The van der Waals surface area contributed by atoms with E-state index in [1.54, 1.807) is 26.8 Å². The van der Waals surface area contributed by atoms with E-state index in [1.807, 2.05) is 0 Å². The molecule has 0 saturated heterocycles. The maximum atomic E-state index is 14.7. The lowest BCUT2D eigenvalue weighted by molar-refractivity contribution is -0.123. The highest BCUT2D eigenvalue weighted by Gasteiger charge is 2.47. The van der Waals surface area contributed by atoms with Crippen LogP contribution in [0.1, 0.15) is 32.4 Å². The molecule has 1 amide bonds. The lowest BCUT2D eigenvalue weighted by Crippen LogP contribution is -2.33. The number of hydrogen-bond acceptors (Lipinski definition) is 3. The predicted octanol–water partition coefficient (Wildman–Crippen LogP) is 5.65. The first-order valence-corrected chi connectivity index (χ1v) is 9.30. The third-order valence-electron chi connectivity index (χ3n) is 4.46. The van der Waals surface area contributed by atoms with Crippen molar-refractivity contribution in [3.05, 3.63) is 75.2 Å². The van der Waals surface area contributed by atoms with Gasteiger partial charge in [0.1, 0.15) is 5.82 Å². The highest BCUT2D eigenvalue weighted by atomic mass is 35.5. The Bertz CT molecular complexity index is 991. The van der Waals surface area contributed by atoms with E-state index in [4.69, 9.17) is 23.2 Å². The van der Waals surface area contributed by atoms with Gasteiger partial charge in [-0.1, -0.05) is 62.2 Å². The smallest absolute Gasteiger partial charge is 0.294 e. The van der Waals surface area contributed by atoms with Crippen molar-refractivity contribution in [1.82, 2.24) is 0 Å². The fourth-order valence-corrected chi connectivity index (χ4v) is 3.69. The number of hydrogen-bond donors (Lipinski definition) is 1. The van der Waals surface area contributed by atoms with Gasteiger partial charge in [-0.3, -0.25) is 14.5 Å². The normalized spacial score (nSPS) is 17.4. The maximum absolute atomic E-state index is 14.7. The van der Waals surface area contributed by atoms with E-state index < -0.39 is 34.7 Å². The van der Waals surface area contributed by atoms with Crippen LogP contribution >= 0.6 is 23.2 Å². The van der Waals surface area contributed by atoms with E-state index in [1.165, 1.54) is 36.4 Å². The predicted molar refractivity (Wildman–Crippen MR) is 107 cm³/mol. The largest absolute Gasteiger partial charge is 0.503 e. The molecule has 0 aliphatic carbocycles. The zero-order valence-electron chi connectivity index (χ0n) is 15.5. The number of Topliss-reactive ketones (excluding diaryl/α,β-unsaturated/α-hetero) is 1. The van der Waals surface area contributed by atoms with E-state index in [0.717, 1.165) is 4.90 Å². The van der Waals surface area contributed by atoms with Gasteiger partial charge in [-0.25, -0.2) is 4.39 Å². The van der Waals surface area contributed by atoms with Gasteiger partial charge < -0.3 is 5.11 Å². The molecule has 0 aromatic heterocycles. The minimum Gasteiger partial charge on any atom is -0.503 e. The van der Waals surface area contributed by atoms with Crippen LogP contribution in [-0.2, 0) is 9.59 Å². The third kappa shape index (κ3) is 3.52. The van der Waals surface area contributed by atoms with Crippen LogP contribution in [0.25, 0.3) is 0 Å². The summed E-state index contributed by atoms with van der Waals surface area (Å²) in [5.41, 5.74) is -0.712. The molecule has 4 nitrogen and oxygen atoms in total. The highest BCUT2D eigenvalue weighted by molar-refractivity contribution is 6.35. The second kappa shape index (κ2) is 7.22. The van der Waals surface area contributed by atoms with Crippen LogP contribution < -0.4 is 4.90 Å². The number of benzene rings is 2. The second-order valence-electron chi connectivity index (χ2n) is 7.57. The fraction of sp³-hybridized carbons (Fsp3) is 0.238. The van der Waals surface area contributed by atoms with Crippen LogP contribution in [0.2, 0.25) is 10.0 Å². The molecule has 0 fully saturated rings. The Morgan fingerprint density at radius 1 is 1.11 bits per heavy atom. The SMILES string of the molecule is CC(C)(C)C(=O)C1=C(O)C(=O)N(c2cc(Cl)cc(Cl)c2)C1c1ccccc1F. The molecule has 3 rings (SSSR count).